The van der Waals surface area contributed by atoms with Crippen LogP contribution >= 0.6 is 0 Å². The molecular formula is C28H49NO9. The first-order valence-electron chi connectivity index (χ1n) is 14.3. The van der Waals surface area contributed by atoms with Crippen molar-refractivity contribution in [2.75, 3.05) is 27.2 Å². The molecule has 15 atom stereocenters. The maximum absolute atomic E-state index is 11.6. The molecule has 0 saturated heterocycles. The zero-order valence-corrected chi connectivity index (χ0v) is 22.8. The van der Waals surface area contributed by atoms with Crippen LogP contribution in [0, 0.1) is 41.4 Å². The van der Waals surface area contributed by atoms with E-state index in [1.54, 1.807) is 6.08 Å². The molecule has 0 amide bonds. The second-order valence-corrected chi connectivity index (χ2v) is 12.7. The summed E-state index contributed by atoms with van der Waals surface area (Å²) in [5, 5.41) is 87.7. The van der Waals surface area contributed by atoms with Gasteiger partial charge in [0, 0.05) is 17.8 Å². The lowest BCUT2D eigenvalue weighted by atomic mass is 9.48. The molecule has 0 aromatic carbocycles. The van der Waals surface area contributed by atoms with Gasteiger partial charge >= 0.3 is 0 Å². The predicted octanol–water partition coefficient (Wildman–Crippen LogP) is -0.936. The molecule has 0 heterocycles. The summed E-state index contributed by atoms with van der Waals surface area (Å²) in [7, 11) is 3.97. The van der Waals surface area contributed by atoms with Gasteiger partial charge in [0.05, 0.1) is 43.2 Å². The molecule has 220 valence electrons. The lowest BCUT2D eigenvalue weighted by Gasteiger charge is -2.62. The van der Waals surface area contributed by atoms with E-state index in [0.29, 0.717) is 32.3 Å². The van der Waals surface area contributed by atoms with Gasteiger partial charge in [-0.1, -0.05) is 12.2 Å². The van der Waals surface area contributed by atoms with E-state index in [1.807, 2.05) is 20.2 Å². The van der Waals surface area contributed by atoms with Crippen LogP contribution in [0.25, 0.3) is 0 Å². The summed E-state index contributed by atoms with van der Waals surface area (Å²) in [6.07, 6.45) is -1.44. The van der Waals surface area contributed by atoms with Crippen molar-refractivity contribution in [2.45, 2.75) is 94.0 Å². The molecule has 0 aromatic rings. The van der Waals surface area contributed by atoms with E-state index in [0.717, 1.165) is 13.0 Å². The quantitative estimate of drug-likeness (QED) is 0.103. The molecule has 8 N–H and O–H groups in total. The van der Waals surface area contributed by atoms with Gasteiger partial charge < -0.3 is 50.5 Å². The Labute approximate surface area is 225 Å². The van der Waals surface area contributed by atoms with Crippen molar-refractivity contribution in [3.63, 3.8) is 0 Å². The molecule has 0 spiro atoms. The van der Waals surface area contributed by atoms with Crippen molar-refractivity contribution < 1.29 is 45.6 Å². The Morgan fingerprint density at radius 1 is 0.974 bits per heavy atom. The highest BCUT2D eigenvalue weighted by Gasteiger charge is 2.66. The molecule has 3 saturated carbocycles. The number of aliphatic hydroxyl groups is 8. The third-order valence-corrected chi connectivity index (χ3v) is 10.2. The maximum Gasteiger partial charge on any atom is 0.154 e. The van der Waals surface area contributed by atoms with Crippen LogP contribution in [0.2, 0.25) is 0 Å². The van der Waals surface area contributed by atoms with E-state index in [-0.39, 0.29) is 24.2 Å². The highest BCUT2D eigenvalue weighted by atomic mass is 16.6. The predicted molar refractivity (Wildman–Crippen MR) is 138 cm³/mol. The van der Waals surface area contributed by atoms with Crippen molar-refractivity contribution in [1.82, 2.24) is 4.90 Å². The van der Waals surface area contributed by atoms with Gasteiger partial charge in [0.2, 0.25) is 0 Å². The highest BCUT2D eigenvalue weighted by molar-refractivity contribution is 5.18. The number of allylic oxidation sites excluding steroid dienone is 1. The molecule has 10 nitrogen and oxygen atoms in total. The standard InChI is InChI=1S/C28H49NO9/c1-14(30)22-20(32)13-17-11-16-12-18-15(6-8-21(33)38-10-4-9-29(2)3)5-7-19(31)24(18)25(34)23(16)27(36)28(17,37)26(22)35/h5,7,14-27,30-37H,4,6,8-13H2,1-3H3/t14?,15?,16?,17?,18?,19?,20?,21?,22?,23?,24?,25?,26?,27?,28-/m1/s1. The Morgan fingerprint density at radius 3 is 2.34 bits per heavy atom. The lowest BCUT2D eigenvalue weighted by Crippen LogP contribution is -2.73. The monoisotopic (exact) mass is 543 g/mol. The Kier molecular flexibility index (Phi) is 9.62. The van der Waals surface area contributed by atoms with Crippen molar-refractivity contribution in [1.29, 1.82) is 0 Å². The summed E-state index contributed by atoms with van der Waals surface area (Å²) in [5.41, 5.74) is -1.97. The van der Waals surface area contributed by atoms with Gasteiger partial charge in [-0.05, 0) is 89.8 Å². The fourth-order valence-electron chi connectivity index (χ4n) is 8.28. The minimum atomic E-state index is -1.97. The first-order chi connectivity index (χ1) is 17.9. The van der Waals surface area contributed by atoms with E-state index < -0.39 is 72.2 Å². The number of nitrogens with zero attached hydrogens (tertiary/aromatic N) is 1. The molecule has 4 aliphatic rings. The second kappa shape index (κ2) is 12.1. The van der Waals surface area contributed by atoms with Gasteiger partial charge in [-0.25, -0.2) is 0 Å². The largest absolute Gasteiger partial charge is 0.393 e. The zero-order valence-electron chi connectivity index (χ0n) is 22.8. The van der Waals surface area contributed by atoms with Gasteiger partial charge in [0.25, 0.3) is 0 Å². The summed E-state index contributed by atoms with van der Waals surface area (Å²) in [6, 6.07) is 0. The normalized spacial score (nSPS) is 48.2. The Morgan fingerprint density at radius 2 is 1.68 bits per heavy atom. The van der Waals surface area contributed by atoms with E-state index >= 15 is 0 Å². The first kappa shape index (κ1) is 30.3. The van der Waals surface area contributed by atoms with Crippen LogP contribution in [-0.2, 0) is 4.74 Å². The molecular weight excluding hydrogens is 494 g/mol. The minimum Gasteiger partial charge on any atom is -0.393 e. The Bertz CT molecular complexity index is 811. The van der Waals surface area contributed by atoms with Crippen LogP contribution in [0.1, 0.15) is 45.4 Å². The maximum atomic E-state index is 11.6. The Hall–Kier alpha value is -0.660. The summed E-state index contributed by atoms with van der Waals surface area (Å²) in [6.45, 7) is 2.77. The first-order valence-corrected chi connectivity index (χ1v) is 14.3. The third-order valence-electron chi connectivity index (χ3n) is 10.2. The van der Waals surface area contributed by atoms with Crippen LogP contribution in [0.15, 0.2) is 12.2 Å². The van der Waals surface area contributed by atoms with Crippen molar-refractivity contribution in [2.24, 2.45) is 41.4 Å². The van der Waals surface area contributed by atoms with E-state index in [2.05, 4.69) is 4.90 Å². The van der Waals surface area contributed by atoms with Gasteiger partial charge in [0.1, 0.15) is 5.60 Å². The fraction of sp³-hybridized carbons (Fsp3) is 0.929. The van der Waals surface area contributed by atoms with Crippen molar-refractivity contribution in [3.05, 3.63) is 12.2 Å². The second-order valence-electron chi connectivity index (χ2n) is 12.7. The molecule has 14 unspecified atom stereocenters. The molecule has 0 radical (unpaired) electrons. The summed E-state index contributed by atoms with van der Waals surface area (Å²) in [4.78, 5) is 2.05. The molecule has 10 heteroatoms. The van der Waals surface area contributed by atoms with E-state index in [1.165, 1.54) is 6.92 Å². The highest BCUT2D eigenvalue weighted by Crippen LogP contribution is 2.58. The van der Waals surface area contributed by atoms with Crippen LogP contribution in [0.4, 0.5) is 0 Å². The number of fused-ring (bicyclic) bond motifs is 3. The third kappa shape index (κ3) is 5.59. The molecule has 0 aromatic heterocycles. The van der Waals surface area contributed by atoms with Crippen molar-refractivity contribution >= 4 is 0 Å². The topological polar surface area (TPSA) is 174 Å². The summed E-state index contributed by atoms with van der Waals surface area (Å²) in [5.74, 6) is -3.19. The number of ether oxygens (including phenoxy) is 1. The van der Waals surface area contributed by atoms with Gasteiger partial charge in [0.15, 0.2) is 6.29 Å². The number of aliphatic hydroxyl groups excluding tert-OH is 7. The number of hydrogen-bond donors (Lipinski definition) is 8. The average molecular weight is 544 g/mol. The van der Waals surface area contributed by atoms with Crippen LogP contribution in [0.3, 0.4) is 0 Å². The molecule has 3 fully saturated rings. The number of hydrogen-bond acceptors (Lipinski definition) is 10. The molecule has 38 heavy (non-hydrogen) atoms. The van der Waals surface area contributed by atoms with Gasteiger partial charge in [-0.3, -0.25) is 0 Å². The van der Waals surface area contributed by atoms with Crippen molar-refractivity contribution in [3.8, 4) is 0 Å². The van der Waals surface area contributed by atoms with Gasteiger partial charge in [-0.2, -0.15) is 0 Å². The zero-order chi connectivity index (χ0) is 27.9. The van der Waals surface area contributed by atoms with E-state index in [4.69, 9.17) is 4.74 Å². The van der Waals surface area contributed by atoms with Crippen LogP contribution < -0.4 is 0 Å². The fourth-order valence-corrected chi connectivity index (χ4v) is 8.28. The minimum absolute atomic E-state index is 0.000802. The molecule has 0 aliphatic heterocycles. The average Bonchev–Trinajstić information content (AvgIpc) is 2.83. The number of rotatable bonds is 9. The Balaban J connectivity index is 1.46. The smallest absolute Gasteiger partial charge is 0.154 e. The molecule has 4 rings (SSSR count). The molecule has 4 aliphatic carbocycles. The van der Waals surface area contributed by atoms with E-state index in [9.17, 15) is 40.9 Å². The molecule has 0 bridgehead atoms. The lowest BCUT2D eigenvalue weighted by molar-refractivity contribution is -0.292. The van der Waals surface area contributed by atoms with Gasteiger partial charge in [-0.15, -0.1) is 0 Å². The summed E-state index contributed by atoms with van der Waals surface area (Å²) < 4.78 is 5.56. The van der Waals surface area contributed by atoms with Crippen LogP contribution in [-0.4, -0.2) is 122 Å². The summed E-state index contributed by atoms with van der Waals surface area (Å²) >= 11 is 0. The van der Waals surface area contributed by atoms with Crippen LogP contribution in [0.5, 0.6) is 0 Å². The SMILES string of the molecule is CC(O)C1C(O)CC2CC3CC4C(CCC(O)OCCCN(C)C)C=CC(O)C4C(O)C3C(O)[C@]2(O)C1O.